The molecule has 1 aliphatic heterocycles. The molecule has 0 bridgehead atoms. The Balaban J connectivity index is 1.82. The third-order valence-electron chi connectivity index (χ3n) is 5.53. The summed E-state index contributed by atoms with van der Waals surface area (Å²) in [6.45, 7) is 2.21. The monoisotopic (exact) mass is 435 g/mol. The van der Waals surface area contributed by atoms with E-state index in [0.29, 0.717) is 5.56 Å². The summed E-state index contributed by atoms with van der Waals surface area (Å²) in [6.07, 6.45) is -0.172. The van der Waals surface area contributed by atoms with Crippen LogP contribution in [0, 0.1) is 12.7 Å². The largest absolute Gasteiger partial charge is 0.480 e. The number of amides is 1. The molecular weight excluding hydrogens is 413 g/mol. The highest BCUT2D eigenvalue weighted by Gasteiger charge is 2.58. The molecule has 4 nitrogen and oxygen atoms in total. The quantitative estimate of drug-likeness (QED) is 0.577. The number of thioether (sulfide) groups is 1. The zero-order valence-electron chi connectivity index (χ0n) is 17.0. The summed E-state index contributed by atoms with van der Waals surface area (Å²) in [5.41, 5.74) is 2.42. The number of hydrogen-bond donors (Lipinski definition) is 1. The summed E-state index contributed by atoms with van der Waals surface area (Å²) in [5, 5.41) is 10.4. The van der Waals surface area contributed by atoms with Gasteiger partial charge in [0.15, 0.2) is 4.75 Å². The standard InChI is InChI=1S/C25H22FNO3S/c1-17-10-12-21(13-11-17)31-25(24(29)30)15-22(28)27(16-18-6-3-2-4-7-18)23(25)19-8-5-9-20(26)14-19/h2-14,23H,15-16H2,1H3,(H,29,30)/t23-,25-/m1/s1. The highest BCUT2D eigenvalue weighted by Crippen LogP contribution is 2.53. The number of carbonyl (C=O) groups excluding carboxylic acids is 1. The number of hydrogen-bond acceptors (Lipinski definition) is 3. The lowest BCUT2D eigenvalue weighted by atomic mass is 9.92. The summed E-state index contributed by atoms with van der Waals surface area (Å²) in [7, 11) is 0. The van der Waals surface area contributed by atoms with E-state index in [2.05, 4.69) is 0 Å². The van der Waals surface area contributed by atoms with Crippen LogP contribution in [0.3, 0.4) is 0 Å². The molecule has 3 aromatic rings. The van der Waals surface area contributed by atoms with Gasteiger partial charge in [-0.15, -0.1) is 11.8 Å². The molecule has 1 amide bonds. The first kappa shape index (κ1) is 21.1. The van der Waals surface area contributed by atoms with E-state index in [1.165, 1.54) is 12.1 Å². The van der Waals surface area contributed by atoms with E-state index in [-0.39, 0.29) is 18.9 Å². The fourth-order valence-corrected chi connectivity index (χ4v) is 5.40. The number of carbonyl (C=O) groups is 2. The van der Waals surface area contributed by atoms with Crippen molar-refractivity contribution in [3.05, 3.63) is 101 Å². The Labute approximate surface area is 184 Å². The van der Waals surface area contributed by atoms with Crippen LogP contribution in [-0.4, -0.2) is 26.6 Å². The number of carboxylic acids is 1. The molecule has 4 rings (SSSR count). The van der Waals surface area contributed by atoms with E-state index in [0.717, 1.165) is 27.8 Å². The number of nitrogens with zero attached hydrogens (tertiary/aromatic N) is 1. The summed E-state index contributed by atoms with van der Waals surface area (Å²) in [5.74, 6) is -1.81. The van der Waals surface area contributed by atoms with Crippen molar-refractivity contribution in [3.63, 3.8) is 0 Å². The topological polar surface area (TPSA) is 57.6 Å². The van der Waals surface area contributed by atoms with Crippen molar-refractivity contribution in [1.29, 1.82) is 0 Å². The van der Waals surface area contributed by atoms with E-state index >= 15 is 0 Å². The van der Waals surface area contributed by atoms with Gasteiger partial charge in [0.05, 0.1) is 12.5 Å². The van der Waals surface area contributed by atoms with Crippen LogP contribution < -0.4 is 0 Å². The zero-order chi connectivity index (χ0) is 22.0. The van der Waals surface area contributed by atoms with Gasteiger partial charge in [0.25, 0.3) is 0 Å². The fourth-order valence-electron chi connectivity index (χ4n) is 4.05. The van der Waals surface area contributed by atoms with Crippen molar-refractivity contribution in [2.75, 3.05) is 0 Å². The van der Waals surface area contributed by atoms with E-state index in [1.807, 2.05) is 61.5 Å². The maximum atomic E-state index is 14.1. The molecule has 6 heteroatoms. The molecule has 0 saturated carbocycles. The number of aliphatic carboxylic acids is 1. The summed E-state index contributed by atoms with van der Waals surface area (Å²) in [4.78, 5) is 28.2. The number of aryl methyl sites for hydroxylation is 1. The Hall–Kier alpha value is -3.12. The second-order valence-corrected chi connectivity index (χ2v) is 9.16. The SMILES string of the molecule is Cc1ccc(S[C@]2(C(=O)O)CC(=O)N(Cc3ccccc3)[C@@H]2c2cccc(F)c2)cc1. The molecule has 31 heavy (non-hydrogen) atoms. The lowest BCUT2D eigenvalue weighted by Gasteiger charge is -2.34. The normalized spacial score (nSPS) is 20.8. The van der Waals surface area contributed by atoms with E-state index in [1.54, 1.807) is 17.0 Å². The van der Waals surface area contributed by atoms with Gasteiger partial charge in [-0.25, -0.2) is 4.39 Å². The smallest absolute Gasteiger partial charge is 0.323 e. The van der Waals surface area contributed by atoms with E-state index in [9.17, 15) is 19.1 Å². The number of carboxylic acid groups (broad SMARTS) is 1. The van der Waals surface area contributed by atoms with Crippen LogP contribution in [0.1, 0.15) is 29.2 Å². The third kappa shape index (κ3) is 4.21. The molecule has 0 aromatic heterocycles. The van der Waals surface area contributed by atoms with Crippen molar-refractivity contribution in [3.8, 4) is 0 Å². The van der Waals surface area contributed by atoms with Gasteiger partial charge in [0.2, 0.25) is 5.91 Å². The van der Waals surface area contributed by atoms with Crippen LogP contribution in [0.2, 0.25) is 0 Å². The number of halogens is 1. The maximum absolute atomic E-state index is 14.1. The van der Waals surface area contributed by atoms with Crippen LogP contribution >= 0.6 is 11.8 Å². The number of benzene rings is 3. The molecule has 0 spiro atoms. The van der Waals surface area contributed by atoms with Crippen LogP contribution in [0.4, 0.5) is 4.39 Å². The third-order valence-corrected chi connectivity index (χ3v) is 6.95. The minimum absolute atomic E-state index is 0.172. The van der Waals surface area contributed by atoms with E-state index in [4.69, 9.17) is 0 Å². The molecule has 0 aliphatic carbocycles. The van der Waals surface area contributed by atoms with Crippen molar-refractivity contribution < 1.29 is 19.1 Å². The predicted molar refractivity (Wildman–Crippen MR) is 118 cm³/mol. The first-order chi connectivity index (χ1) is 14.9. The minimum atomic E-state index is -1.48. The van der Waals surface area contributed by atoms with E-state index < -0.39 is 22.6 Å². The molecule has 1 aliphatic rings. The molecule has 1 fully saturated rings. The summed E-state index contributed by atoms with van der Waals surface area (Å²) < 4.78 is 12.7. The summed E-state index contributed by atoms with van der Waals surface area (Å²) in [6, 6.07) is 22.0. The van der Waals surface area contributed by atoms with Gasteiger partial charge in [0.1, 0.15) is 5.82 Å². The molecule has 158 valence electrons. The molecule has 3 aromatic carbocycles. The van der Waals surface area contributed by atoms with Crippen LogP contribution in [-0.2, 0) is 16.1 Å². The van der Waals surface area contributed by atoms with Crippen molar-refractivity contribution in [2.24, 2.45) is 0 Å². The molecule has 0 radical (unpaired) electrons. The minimum Gasteiger partial charge on any atom is -0.480 e. The first-order valence-corrected chi connectivity index (χ1v) is 10.8. The van der Waals surface area contributed by atoms with Gasteiger partial charge in [-0.1, -0.05) is 60.2 Å². The second-order valence-electron chi connectivity index (χ2n) is 7.75. The van der Waals surface area contributed by atoms with Gasteiger partial charge >= 0.3 is 5.97 Å². The van der Waals surface area contributed by atoms with Crippen LogP contribution in [0.15, 0.2) is 83.8 Å². The molecule has 2 atom stereocenters. The van der Waals surface area contributed by atoms with Crippen molar-refractivity contribution in [1.82, 2.24) is 4.90 Å². The average molecular weight is 436 g/mol. The Bertz CT molecular complexity index is 1100. The maximum Gasteiger partial charge on any atom is 0.323 e. The van der Waals surface area contributed by atoms with Crippen LogP contribution in [0.5, 0.6) is 0 Å². The Kier molecular flexibility index (Phi) is 5.83. The predicted octanol–water partition coefficient (Wildman–Crippen LogP) is 5.22. The van der Waals surface area contributed by atoms with Gasteiger partial charge in [0, 0.05) is 11.4 Å². The molecule has 1 N–H and O–H groups in total. The van der Waals surface area contributed by atoms with Crippen molar-refractivity contribution in [2.45, 2.75) is 35.6 Å². The number of rotatable bonds is 6. The van der Waals surface area contributed by atoms with Gasteiger partial charge in [-0.2, -0.15) is 0 Å². The molecule has 1 heterocycles. The second kappa shape index (κ2) is 8.55. The molecular formula is C25H22FNO3S. The van der Waals surface area contributed by atoms with Gasteiger partial charge in [-0.05, 0) is 42.3 Å². The van der Waals surface area contributed by atoms with Crippen LogP contribution in [0.25, 0.3) is 0 Å². The van der Waals surface area contributed by atoms with Crippen molar-refractivity contribution >= 4 is 23.6 Å². The molecule has 0 unspecified atom stereocenters. The Morgan fingerprint density at radius 3 is 2.45 bits per heavy atom. The van der Waals surface area contributed by atoms with Gasteiger partial charge in [-0.3, -0.25) is 9.59 Å². The zero-order valence-corrected chi connectivity index (χ0v) is 17.8. The van der Waals surface area contributed by atoms with Gasteiger partial charge < -0.3 is 10.0 Å². The highest BCUT2D eigenvalue weighted by molar-refractivity contribution is 8.01. The Morgan fingerprint density at radius 2 is 1.81 bits per heavy atom. The lowest BCUT2D eigenvalue weighted by molar-refractivity contribution is -0.140. The summed E-state index contributed by atoms with van der Waals surface area (Å²) >= 11 is 1.16. The Morgan fingerprint density at radius 1 is 1.10 bits per heavy atom. The lowest BCUT2D eigenvalue weighted by Crippen LogP contribution is -2.41. The highest BCUT2D eigenvalue weighted by atomic mass is 32.2. The number of likely N-dealkylation sites (tertiary alicyclic amines) is 1. The first-order valence-electron chi connectivity index (χ1n) is 9.97. The average Bonchev–Trinajstić information content (AvgIpc) is 3.03. The molecule has 1 saturated heterocycles. The fraction of sp³-hybridized carbons (Fsp3) is 0.200.